The van der Waals surface area contributed by atoms with Crippen LogP contribution in [0.4, 0.5) is 0 Å². The maximum absolute atomic E-state index is 12.4. The van der Waals surface area contributed by atoms with Crippen LogP contribution in [-0.4, -0.2) is 30.1 Å². The maximum Gasteiger partial charge on any atom is 0.251 e. The van der Waals surface area contributed by atoms with Crippen molar-refractivity contribution in [3.63, 3.8) is 0 Å². The van der Waals surface area contributed by atoms with E-state index in [2.05, 4.69) is 15.3 Å². The Kier molecular flexibility index (Phi) is 4.94. The summed E-state index contributed by atoms with van der Waals surface area (Å²) >= 11 is 0. The molecule has 0 aliphatic rings. The number of ether oxygens (including phenoxy) is 2. The molecule has 1 aromatic carbocycles. The summed E-state index contributed by atoms with van der Waals surface area (Å²) in [5.41, 5.74) is 1.67. The van der Waals surface area contributed by atoms with Gasteiger partial charge in [-0.2, -0.15) is 0 Å². The highest BCUT2D eigenvalue weighted by Crippen LogP contribution is 2.27. The zero-order valence-electron chi connectivity index (χ0n) is 13.9. The number of methoxy groups -OCH3 is 2. The number of carbonyl (C=O) groups excluding carboxylic acids is 1. The van der Waals surface area contributed by atoms with E-state index in [0.717, 1.165) is 0 Å². The van der Waals surface area contributed by atoms with Crippen LogP contribution in [0.1, 0.15) is 16.1 Å². The van der Waals surface area contributed by atoms with Gasteiger partial charge in [-0.15, -0.1) is 0 Å². The molecule has 128 valence electrons. The Morgan fingerprint density at radius 2 is 1.92 bits per heavy atom. The second-order valence-corrected chi connectivity index (χ2v) is 5.08. The minimum Gasteiger partial charge on any atom is -0.493 e. The van der Waals surface area contributed by atoms with Crippen molar-refractivity contribution in [2.45, 2.75) is 6.54 Å². The van der Waals surface area contributed by atoms with Gasteiger partial charge in [0.2, 0.25) is 0 Å². The average molecular weight is 339 g/mol. The lowest BCUT2D eigenvalue weighted by atomic mass is 10.2. The van der Waals surface area contributed by atoms with Crippen molar-refractivity contribution >= 4 is 5.91 Å². The van der Waals surface area contributed by atoms with Crippen molar-refractivity contribution in [1.82, 2.24) is 15.3 Å². The van der Waals surface area contributed by atoms with E-state index in [-0.39, 0.29) is 12.5 Å². The fraction of sp³-hybridized carbons (Fsp3) is 0.167. The summed E-state index contributed by atoms with van der Waals surface area (Å²) < 4.78 is 15.8. The van der Waals surface area contributed by atoms with Gasteiger partial charge in [0.1, 0.15) is 5.69 Å². The monoisotopic (exact) mass is 339 g/mol. The van der Waals surface area contributed by atoms with Crippen LogP contribution in [0.2, 0.25) is 0 Å². The van der Waals surface area contributed by atoms with Crippen molar-refractivity contribution < 1.29 is 18.7 Å². The predicted octanol–water partition coefficient (Wildman–Crippen LogP) is 2.68. The molecule has 0 spiro atoms. The summed E-state index contributed by atoms with van der Waals surface area (Å²) in [6, 6.07) is 8.54. The summed E-state index contributed by atoms with van der Waals surface area (Å²) in [5, 5.41) is 2.83. The molecule has 0 aliphatic carbocycles. The normalized spacial score (nSPS) is 10.3. The molecule has 0 aliphatic heterocycles. The van der Waals surface area contributed by atoms with E-state index in [0.29, 0.717) is 34.2 Å². The number of hydrogen-bond donors (Lipinski definition) is 1. The summed E-state index contributed by atoms with van der Waals surface area (Å²) in [6.45, 7) is 0.219. The Balaban J connectivity index is 1.75. The Bertz CT molecular complexity index is 863. The molecule has 0 atom stereocenters. The molecule has 1 amide bonds. The van der Waals surface area contributed by atoms with Gasteiger partial charge in [0.05, 0.1) is 32.7 Å². The Morgan fingerprint density at radius 3 is 2.64 bits per heavy atom. The summed E-state index contributed by atoms with van der Waals surface area (Å²) in [7, 11) is 3.07. The Labute approximate surface area is 144 Å². The molecule has 0 saturated heterocycles. The molecule has 2 heterocycles. The van der Waals surface area contributed by atoms with Gasteiger partial charge in [-0.25, -0.2) is 4.98 Å². The third-order valence-electron chi connectivity index (χ3n) is 3.59. The first kappa shape index (κ1) is 16.5. The molecule has 3 rings (SSSR count). The van der Waals surface area contributed by atoms with Gasteiger partial charge < -0.3 is 19.2 Å². The average Bonchev–Trinajstić information content (AvgIpc) is 3.20. The summed E-state index contributed by atoms with van der Waals surface area (Å²) in [4.78, 5) is 21.0. The van der Waals surface area contributed by atoms with Crippen molar-refractivity contribution in [3.05, 3.63) is 60.2 Å². The van der Waals surface area contributed by atoms with Crippen LogP contribution in [0.25, 0.3) is 11.5 Å². The molecule has 0 fully saturated rings. The highest BCUT2D eigenvalue weighted by molar-refractivity contribution is 5.94. The molecular weight excluding hydrogens is 322 g/mol. The molecule has 7 heteroatoms. The third kappa shape index (κ3) is 3.60. The number of amides is 1. The van der Waals surface area contributed by atoms with Crippen LogP contribution in [-0.2, 0) is 6.54 Å². The largest absolute Gasteiger partial charge is 0.493 e. The fourth-order valence-corrected chi connectivity index (χ4v) is 2.36. The number of nitrogens with zero attached hydrogens (tertiary/aromatic N) is 2. The van der Waals surface area contributed by atoms with Crippen LogP contribution in [0.3, 0.4) is 0 Å². The van der Waals surface area contributed by atoms with Gasteiger partial charge in [0, 0.05) is 18.0 Å². The van der Waals surface area contributed by atoms with Gasteiger partial charge >= 0.3 is 0 Å². The number of benzene rings is 1. The second-order valence-electron chi connectivity index (χ2n) is 5.08. The van der Waals surface area contributed by atoms with Gasteiger partial charge in [-0.3, -0.25) is 9.78 Å². The first-order valence-corrected chi connectivity index (χ1v) is 7.57. The van der Waals surface area contributed by atoms with Gasteiger partial charge in [0.15, 0.2) is 17.3 Å². The van der Waals surface area contributed by atoms with Crippen molar-refractivity contribution in [2.24, 2.45) is 0 Å². The highest BCUT2D eigenvalue weighted by Gasteiger charge is 2.14. The van der Waals surface area contributed by atoms with E-state index in [1.165, 1.54) is 7.11 Å². The Morgan fingerprint density at radius 1 is 1.12 bits per heavy atom. The highest BCUT2D eigenvalue weighted by atomic mass is 16.5. The topological polar surface area (TPSA) is 86.5 Å². The smallest absolute Gasteiger partial charge is 0.251 e. The number of rotatable bonds is 6. The van der Waals surface area contributed by atoms with Gasteiger partial charge in [-0.05, 0) is 30.3 Å². The van der Waals surface area contributed by atoms with Crippen LogP contribution >= 0.6 is 0 Å². The number of carbonyl (C=O) groups is 1. The van der Waals surface area contributed by atoms with Crippen LogP contribution < -0.4 is 14.8 Å². The second kappa shape index (κ2) is 7.48. The lowest BCUT2D eigenvalue weighted by Gasteiger charge is -2.10. The standard InChI is InChI=1S/C18H17N3O4/c1-23-14-6-5-12(10-16(14)24-2)18(22)21-11-13-17(20-8-7-19-13)15-4-3-9-25-15/h3-10H,11H2,1-2H3,(H,21,22). The van der Waals surface area contributed by atoms with Crippen molar-refractivity contribution in [2.75, 3.05) is 14.2 Å². The predicted molar refractivity (Wildman–Crippen MR) is 90.5 cm³/mol. The molecule has 1 N–H and O–H groups in total. The zero-order chi connectivity index (χ0) is 17.6. The van der Waals surface area contributed by atoms with Crippen molar-refractivity contribution in [1.29, 1.82) is 0 Å². The van der Waals surface area contributed by atoms with E-state index < -0.39 is 0 Å². The minimum atomic E-state index is -0.253. The van der Waals surface area contributed by atoms with E-state index in [1.807, 2.05) is 0 Å². The molecule has 7 nitrogen and oxygen atoms in total. The molecule has 0 unspecified atom stereocenters. The number of hydrogen-bond acceptors (Lipinski definition) is 6. The molecule has 0 radical (unpaired) electrons. The molecule has 3 aromatic rings. The summed E-state index contributed by atoms with van der Waals surface area (Å²) in [5.74, 6) is 1.40. The molecule has 2 aromatic heterocycles. The van der Waals surface area contributed by atoms with Crippen LogP contribution in [0.5, 0.6) is 11.5 Å². The molecule has 0 bridgehead atoms. The summed E-state index contributed by atoms with van der Waals surface area (Å²) in [6.07, 6.45) is 4.72. The van der Waals surface area contributed by atoms with Gasteiger partial charge in [0.25, 0.3) is 5.91 Å². The lowest BCUT2D eigenvalue weighted by molar-refractivity contribution is 0.0950. The van der Waals surface area contributed by atoms with E-state index in [1.54, 1.807) is 56.1 Å². The van der Waals surface area contributed by atoms with Gasteiger partial charge in [-0.1, -0.05) is 0 Å². The van der Waals surface area contributed by atoms with E-state index >= 15 is 0 Å². The lowest BCUT2D eigenvalue weighted by Crippen LogP contribution is -2.23. The third-order valence-corrected chi connectivity index (χ3v) is 3.59. The first-order chi connectivity index (χ1) is 12.2. The van der Waals surface area contributed by atoms with E-state index in [4.69, 9.17) is 13.9 Å². The SMILES string of the molecule is COc1ccc(C(=O)NCc2nccnc2-c2ccco2)cc1OC. The molecular formula is C18H17N3O4. The molecule has 0 saturated carbocycles. The minimum absolute atomic E-state index is 0.219. The van der Waals surface area contributed by atoms with E-state index in [9.17, 15) is 4.79 Å². The maximum atomic E-state index is 12.4. The molecule has 25 heavy (non-hydrogen) atoms. The Hall–Kier alpha value is -3.35. The quantitative estimate of drug-likeness (QED) is 0.743. The number of nitrogens with one attached hydrogen (secondary N) is 1. The van der Waals surface area contributed by atoms with Crippen LogP contribution in [0, 0.1) is 0 Å². The van der Waals surface area contributed by atoms with Crippen LogP contribution in [0.15, 0.2) is 53.4 Å². The zero-order valence-corrected chi connectivity index (χ0v) is 13.9. The number of aromatic nitrogens is 2. The van der Waals surface area contributed by atoms with Crippen molar-refractivity contribution in [3.8, 4) is 23.0 Å². The first-order valence-electron chi connectivity index (χ1n) is 7.57. The fourth-order valence-electron chi connectivity index (χ4n) is 2.36. The number of furan rings is 1.